The molecule has 1 aromatic rings. The maximum Gasteiger partial charge on any atom is 0.150 e. The van der Waals surface area contributed by atoms with Crippen LogP contribution in [-0.2, 0) is 4.74 Å². The Bertz CT molecular complexity index is 438. The van der Waals surface area contributed by atoms with Gasteiger partial charge >= 0.3 is 0 Å². The molecule has 0 unspecified atom stereocenters. The van der Waals surface area contributed by atoms with Gasteiger partial charge in [0.1, 0.15) is 0 Å². The van der Waals surface area contributed by atoms with Crippen LogP contribution in [0.3, 0.4) is 0 Å². The van der Waals surface area contributed by atoms with Crippen LogP contribution in [0.1, 0.15) is 39.1 Å². The molecule has 0 saturated carbocycles. The Hall–Kier alpha value is -1.16. The Kier molecular flexibility index (Phi) is 3.09. The highest BCUT2D eigenvalue weighted by atomic mass is 16.5. The third-order valence-corrected chi connectivity index (χ3v) is 3.05. The molecular weight excluding hydrogens is 226 g/mol. The van der Waals surface area contributed by atoms with Crippen molar-refractivity contribution < 1.29 is 4.74 Å². The van der Waals surface area contributed by atoms with E-state index >= 15 is 0 Å². The Labute approximate surface area is 109 Å². The molecule has 0 N–H and O–H groups in total. The zero-order valence-corrected chi connectivity index (χ0v) is 12.2. The van der Waals surface area contributed by atoms with E-state index in [0.717, 1.165) is 30.3 Å². The maximum absolute atomic E-state index is 6.09. The molecular formula is C14H23N3O. The van der Waals surface area contributed by atoms with Crippen molar-refractivity contribution in [1.82, 2.24) is 9.97 Å². The predicted molar refractivity (Wildman–Crippen MR) is 73.0 cm³/mol. The summed E-state index contributed by atoms with van der Waals surface area (Å²) in [7, 11) is 0. The number of nitrogens with zero attached hydrogens (tertiary/aromatic N) is 3. The van der Waals surface area contributed by atoms with E-state index < -0.39 is 0 Å². The van der Waals surface area contributed by atoms with Gasteiger partial charge in [-0.05, 0) is 41.5 Å². The van der Waals surface area contributed by atoms with Crippen LogP contribution in [0.5, 0.6) is 0 Å². The van der Waals surface area contributed by atoms with E-state index in [-0.39, 0.29) is 11.2 Å². The first-order valence-electron chi connectivity index (χ1n) is 6.44. The second kappa shape index (κ2) is 4.19. The van der Waals surface area contributed by atoms with Gasteiger partial charge in [0, 0.05) is 19.3 Å². The molecule has 1 aliphatic heterocycles. The zero-order chi connectivity index (χ0) is 13.6. The highest BCUT2D eigenvalue weighted by Gasteiger charge is 2.39. The Morgan fingerprint density at radius 1 is 1.11 bits per heavy atom. The van der Waals surface area contributed by atoms with E-state index in [0.29, 0.717) is 0 Å². The number of aryl methyl sites for hydroxylation is 2. The van der Waals surface area contributed by atoms with Crippen molar-refractivity contribution in [2.24, 2.45) is 0 Å². The van der Waals surface area contributed by atoms with Crippen molar-refractivity contribution in [3.63, 3.8) is 0 Å². The molecule has 0 spiro atoms. The van der Waals surface area contributed by atoms with Gasteiger partial charge in [0.25, 0.3) is 0 Å². The third kappa shape index (κ3) is 2.80. The zero-order valence-electron chi connectivity index (χ0n) is 12.2. The lowest BCUT2D eigenvalue weighted by molar-refractivity contribution is -0.133. The minimum atomic E-state index is -0.167. The second-order valence-electron chi connectivity index (χ2n) is 6.40. The molecule has 0 aliphatic carbocycles. The van der Waals surface area contributed by atoms with Crippen molar-refractivity contribution in [3.05, 3.63) is 17.6 Å². The number of rotatable bonds is 1. The number of anilines is 1. The van der Waals surface area contributed by atoms with Crippen molar-refractivity contribution >= 4 is 5.82 Å². The fourth-order valence-corrected chi connectivity index (χ4v) is 2.76. The van der Waals surface area contributed by atoms with Crippen molar-refractivity contribution in [2.75, 3.05) is 18.0 Å². The summed E-state index contributed by atoms with van der Waals surface area (Å²) in [6.45, 7) is 14.2. The largest absolute Gasteiger partial charge is 0.366 e. The number of ether oxygens (including phenoxy) is 1. The lowest BCUT2D eigenvalue weighted by atomic mass is 9.99. The average Bonchev–Trinajstić information content (AvgIpc) is 2.17. The van der Waals surface area contributed by atoms with Crippen LogP contribution < -0.4 is 4.90 Å². The van der Waals surface area contributed by atoms with Crippen LogP contribution in [0.25, 0.3) is 0 Å². The molecule has 1 fully saturated rings. The van der Waals surface area contributed by atoms with Gasteiger partial charge in [0.15, 0.2) is 5.82 Å². The highest BCUT2D eigenvalue weighted by Crippen LogP contribution is 2.31. The maximum atomic E-state index is 6.09. The molecule has 1 saturated heterocycles. The van der Waals surface area contributed by atoms with Crippen molar-refractivity contribution in [3.8, 4) is 0 Å². The molecule has 0 radical (unpaired) electrons. The Morgan fingerprint density at radius 2 is 1.67 bits per heavy atom. The predicted octanol–water partition coefficient (Wildman–Crippen LogP) is 2.49. The number of aromatic nitrogens is 2. The summed E-state index contributed by atoms with van der Waals surface area (Å²) in [4.78, 5) is 11.3. The van der Waals surface area contributed by atoms with Gasteiger partial charge in [0.05, 0.1) is 22.6 Å². The second-order valence-corrected chi connectivity index (χ2v) is 6.40. The third-order valence-electron chi connectivity index (χ3n) is 3.05. The van der Waals surface area contributed by atoms with Crippen LogP contribution in [-0.4, -0.2) is 34.3 Å². The molecule has 0 atom stereocenters. The van der Waals surface area contributed by atoms with Crippen LogP contribution in [0.2, 0.25) is 0 Å². The monoisotopic (exact) mass is 249 g/mol. The molecule has 4 nitrogen and oxygen atoms in total. The molecule has 0 bridgehead atoms. The first-order valence-corrected chi connectivity index (χ1v) is 6.44. The normalized spacial score (nSPS) is 22.0. The summed E-state index contributed by atoms with van der Waals surface area (Å²) in [5.41, 5.74) is 1.60. The van der Waals surface area contributed by atoms with Gasteiger partial charge < -0.3 is 9.64 Å². The van der Waals surface area contributed by atoms with Crippen LogP contribution >= 0.6 is 0 Å². The van der Waals surface area contributed by atoms with Crippen molar-refractivity contribution in [2.45, 2.75) is 52.7 Å². The summed E-state index contributed by atoms with van der Waals surface area (Å²) < 4.78 is 6.09. The number of morpholine rings is 1. The summed E-state index contributed by atoms with van der Waals surface area (Å²) >= 11 is 0. The van der Waals surface area contributed by atoms with E-state index in [1.807, 2.05) is 20.0 Å². The fraction of sp³-hybridized carbons (Fsp3) is 0.714. The van der Waals surface area contributed by atoms with E-state index in [1.54, 1.807) is 0 Å². The van der Waals surface area contributed by atoms with Crippen LogP contribution in [0, 0.1) is 13.8 Å². The molecule has 0 aromatic carbocycles. The Morgan fingerprint density at radius 3 is 2.22 bits per heavy atom. The summed E-state index contributed by atoms with van der Waals surface area (Å²) in [6.07, 6.45) is 1.82. The van der Waals surface area contributed by atoms with E-state index in [9.17, 15) is 0 Å². The lowest BCUT2D eigenvalue weighted by Gasteiger charge is -2.47. The standard InChI is InChI=1S/C14H23N3O/c1-10-7-15-11(2)12(16-10)17-8-13(3,4)18-14(5,6)9-17/h7H,8-9H2,1-6H3. The molecule has 1 aromatic heterocycles. The van der Waals surface area contributed by atoms with Gasteiger partial charge in [-0.3, -0.25) is 4.98 Å². The summed E-state index contributed by atoms with van der Waals surface area (Å²) in [5.74, 6) is 0.986. The minimum Gasteiger partial charge on any atom is -0.366 e. The van der Waals surface area contributed by atoms with E-state index in [2.05, 4.69) is 42.6 Å². The first-order chi connectivity index (χ1) is 8.19. The van der Waals surface area contributed by atoms with Gasteiger partial charge in [-0.15, -0.1) is 0 Å². The summed E-state index contributed by atoms with van der Waals surface area (Å²) in [6, 6.07) is 0. The van der Waals surface area contributed by atoms with Crippen LogP contribution in [0.15, 0.2) is 6.20 Å². The molecule has 4 heteroatoms. The smallest absolute Gasteiger partial charge is 0.150 e. The van der Waals surface area contributed by atoms with Gasteiger partial charge in [0.2, 0.25) is 0 Å². The Balaban J connectivity index is 2.35. The molecule has 2 rings (SSSR count). The van der Waals surface area contributed by atoms with Gasteiger partial charge in [-0.2, -0.15) is 0 Å². The lowest BCUT2D eigenvalue weighted by Crippen LogP contribution is -2.57. The number of hydrogen-bond acceptors (Lipinski definition) is 4. The molecule has 1 aliphatic rings. The van der Waals surface area contributed by atoms with Crippen molar-refractivity contribution in [1.29, 1.82) is 0 Å². The fourth-order valence-electron chi connectivity index (χ4n) is 2.76. The molecule has 18 heavy (non-hydrogen) atoms. The average molecular weight is 249 g/mol. The van der Waals surface area contributed by atoms with E-state index in [1.165, 1.54) is 0 Å². The number of hydrogen-bond donors (Lipinski definition) is 0. The SMILES string of the molecule is Cc1cnc(C)c(N2CC(C)(C)OC(C)(C)C2)n1. The topological polar surface area (TPSA) is 38.2 Å². The molecule has 0 amide bonds. The highest BCUT2D eigenvalue weighted by molar-refractivity contribution is 5.44. The van der Waals surface area contributed by atoms with E-state index in [4.69, 9.17) is 4.74 Å². The minimum absolute atomic E-state index is 0.167. The molecule has 100 valence electrons. The summed E-state index contributed by atoms with van der Waals surface area (Å²) in [5, 5.41) is 0. The molecule has 2 heterocycles. The first kappa shape index (κ1) is 13.3. The van der Waals surface area contributed by atoms with Crippen LogP contribution in [0.4, 0.5) is 5.82 Å². The van der Waals surface area contributed by atoms with Gasteiger partial charge in [-0.25, -0.2) is 4.98 Å². The quantitative estimate of drug-likeness (QED) is 0.766. The van der Waals surface area contributed by atoms with Gasteiger partial charge in [-0.1, -0.05) is 0 Å².